The number of nitrogens with one attached hydrogen (secondary N) is 2. The maximum atomic E-state index is 13.1. The number of benzene rings is 1. The molecule has 0 fully saturated rings. The fourth-order valence-electron chi connectivity index (χ4n) is 2.15. The Balaban J connectivity index is 2.47. The first-order valence-electron chi connectivity index (χ1n) is 7.70. The van der Waals surface area contributed by atoms with Gasteiger partial charge in [-0.2, -0.15) is 13.2 Å². The van der Waals surface area contributed by atoms with E-state index in [2.05, 4.69) is 15.0 Å². The lowest BCUT2D eigenvalue weighted by molar-refractivity contribution is -0.383. The van der Waals surface area contributed by atoms with Gasteiger partial charge in [0.1, 0.15) is 11.4 Å². The first kappa shape index (κ1) is 19.9. The first-order valence-corrected chi connectivity index (χ1v) is 7.70. The van der Waals surface area contributed by atoms with Crippen molar-refractivity contribution in [2.24, 2.45) is 0 Å². The molecular weight excluding hydrogens is 369 g/mol. The molecule has 0 unspecified atom stereocenters. The number of hydrogen-bond donors (Lipinski definition) is 2. The Bertz CT molecular complexity index is 828. The van der Waals surface area contributed by atoms with Crippen LogP contribution in [0, 0.1) is 10.1 Å². The van der Waals surface area contributed by atoms with E-state index < -0.39 is 40.1 Å². The van der Waals surface area contributed by atoms with Gasteiger partial charge >= 0.3 is 18.0 Å². The summed E-state index contributed by atoms with van der Waals surface area (Å²) in [5.74, 6) is -0.620. The minimum Gasteiger partial charge on any atom is -0.450 e. The number of rotatable bonds is 6. The van der Waals surface area contributed by atoms with E-state index in [1.165, 1.54) is 6.92 Å². The monoisotopic (exact) mass is 384 g/mol. The molecule has 0 aliphatic carbocycles. The Kier molecular flexibility index (Phi) is 6.16. The number of ether oxygens (including phenoxy) is 1. The molecule has 1 aromatic heterocycles. The van der Waals surface area contributed by atoms with Gasteiger partial charge in [-0.3, -0.25) is 15.4 Å². The molecule has 0 saturated heterocycles. The van der Waals surface area contributed by atoms with E-state index in [4.69, 9.17) is 0 Å². The summed E-state index contributed by atoms with van der Waals surface area (Å²) in [7, 11) is 0. The van der Waals surface area contributed by atoms with Gasteiger partial charge in [0.05, 0.1) is 11.5 Å². The second-order valence-corrected chi connectivity index (χ2v) is 5.19. The Labute approximate surface area is 151 Å². The van der Waals surface area contributed by atoms with Crippen molar-refractivity contribution in [1.29, 1.82) is 0 Å². The number of pyridine rings is 1. The fraction of sp³-hybridized carbons (Fsp3) is 0.250. The summed E-state index contributed by atoms with van der Waals surface area (Å²) >= 11 is 0. The summed E-state index contributed by atoms with van der Waals surface area (Å²) in [6, 6.07) is 8.92. The number of amides is 1. The molecule has 0 radical (unpaired) electrons. The first-order chi connectivity index (χ1) is 12.7. The van der Waals surface area contributed by atoms with E-state index >= 15 is 0 Å². The topological polar surface area (TPSA) is 106 Å². The summed E-state index contributed by atoms with van der Waals surface area (Å²) < 4.78 is 44.0. The van der Waals surface area contributed by atoms with Gasteiger partial charge in [0.15, 0.2) is 0 Å². The molecule has 2 N–H and O–H groups in total. The molecule has 2 rings (SSSR count). The lowest BCUT2D eigenvalue weighted by atomic mass is 10.2. The highest BCUT2D eigenvalue weighted by Crippen LogP contribution is 2.38. The Morgan fingerprint density at radius 2 is 1.96 bits per heavy atom. The number of carbonyl (C=O) groups is 1. The van der Waals surface area contributed by atoms with Gasteiger partial charge < -0.3 is 10.1 Å². The zero-order valence-electron chi connectivity index (χ0n) is 14.0. The normalized spacial score (nSPS) is 11.0. The number of nitrogens with zero attached hydrogens (tertiary/aromatic N) is 2. The van der Waals surface area contributed by atoms with Gasteiger partial charge in [0.2, 0.25) is 5.82 Å². The predicted octanol–water partition coefficient (Wildman–Crippen LogP) is 4.19. The van der Waals surface area contributed by atoms with Crippen LogP contribution in [0.4, 0.5) is 35.2 Å². The summed E-state index contributed by atoms with van der Waals surface area (Å²) in [5.41, 5.74) is -2.19. The molecule has 0 spiro atoms. The van der Waals surface area contributed by atoms with Crippen LogP contribution in [0.2, 0.25) is 0 Å². The van der Waals surface area contributed by atoms with E-state index in [1.54, 1.807) is 30.3 Å². The van der Waals surface area contributed by atoms with Crippen LogP contribution in [0.3, 0.4) is 0 Å². The summed E-state index contributed by atoms with van der Waals surface area (Å²) in [4.78, 5) is 25.4. The highest BCUT2D eigenvalue weighted by atomic mass is 19.4. The molecule has 0 aliphatic rings. The summed E-state index contributed by atoms with van der Waals surface area (Å²) in [5, 5.41) is 15.9. The van der Waals surface area contributed by atoms with Crippen LogP contribution in [0.1, 0.15) is 18.2 Å². The Morgan fingerprint density at radius 1 is 1.30 bits per heavy atom. The molecule has 2 aromatic rings. The average Bonchev–Trinajstić information content (AvgIpc) is 2.59. The second-order valence-electron chi connectivity index (χ2n) is 5.19. The molecule has 0 atom stereocenters. The number of carbonyl (C=O) groups excluding carboxylic acids is 1. The van der Waals surface area contributed by atoms with Crippen molar-refractivity contribution in [3.63, 3.8) is 0 Å². The third-order valence-corrected chi connectivity index (χ3v) is 3.28. The van der Waals surface area contributed by atoms with Crippen molar-refractivity contribution >= 4 is 23.3 Å². The number of nitro groups is 1. The van der Waals surface area contributed by atoms with E-state index in [0.29, 0.717) is 11.6 Å². The SMILES string of the molecule is CCOC(=O)Nc1cc(C(F)(F)F)nc(NCc2ccccc2)c1[N+](=O)[O-]. The van der Waals surface area contributed by atoms with Crippen molar-refractivity contribution in [2.75, 3.05) is 17.2 Å². The highest BCUT2D eigenvalue weighted by Gasteiger charge is 2.37. The number of alkyl halides is 3. The second kappa shape index (κ2) is 8.34. The molecule has 8 nitrogen and oxygen atoms in total. The lowest BCUT2D eigenvalue weighted by Gasteiger charge is -2.14. The fourth-order valence-corrected chi connectivity index (χ4v) is 2.15. The minimum atomic E-state index is -4.87. The minimum absolute atomic E-state index is 0.00512. The van der Waals surface area contributed by atoms with Gasteiger partial charge in [0.25, 0.3) is 0 Å². The molecule has 27 heavy (non-hydrogen) atoms. The van der Waals surface area contributed by atoms with Gasteiger partial charge in [0, 0.05) is 6.54 Å². The molecular formula is C16H15F3N4O4. The third kappa shape index (κ3) is 5.30. The van der Waals surface area contributed by atoms with Crippen molar-refractivity contribution in [1.82, 2.24) is 4.98 Å². The maximum absolute atomic E-state index is 13.1. The zero-order valence-corrected chi connectivity index (χ0v) is 14.0. The van der Waals surface area contributed by atoms with Crippen molar-refractivity contribution in [3.8, 4) is 0 Å². The number of aromatic nitrogens is 1. The zero-order chi connectivity index (χ0) is 20.0. The quantitative estimate of drug-likeness (QED) is 0.571. The standard InChI is InChI=1S/C16H15F3N4O4/c1-2-27-15(24)21-11-8-12(16(17,18)19)22-14(13(11)23(25)26)20-9-10-6-4-3-5-7-10/h3-8H,2,9H2,1H3,(H2,20,21,22,24). The molecule has 11 heteroatoms. The van der Waals surface area contributed by atoms with E-state index in [9.17, 15) is 28.1 Å². The largest absolute Gasteiger partial charge is 0.450 e. The van der Waals surface area contributed by atoms with Gasteiger partial charge in [-0.25, -0.2) is 9.78 Å². The Hall–Kier alpha value is -3.37. The van der Waals surface area contributed by atoms with Crippen molar-refractivity contribution in [2.45, 2.75) is 19.6 Å². The van der Waals surface area contributed by atoms with Crippen LogP contribution in [-0.2, 0) is 17.5 Å². The van der Waals surface area contributed by atoms with Crippen LogP contribution in [0.5, 0.6) is 0 Å². The predicted molar refractivity (Wildman–Crippen MR) is 90.3 cm³/mol. The molecule has 1 heterocycles. The van der Waals surface area contributed by atoms with Gasteiger partial charge in [-0.05, 0) is 18.6 Å². The van der Waals surface area contributed by atoms with Crippen LogP contribution in [0.25, 0.3) is 0 Å². The van der Waals surface area contributed by atoms with Crippen LogP contribution in [-0.4, -0.2) is 22.6 Å². The van der Waals surface area contributed by atoms with Crippen LogP contribution < -0.4 is 10.6 Å². The lowest BCUT2D eigenvalue weighted by Crippen LogP contribution is -2.18. The molecule has 1 aromatic carbocycles. The van der Waals surface area contributed by atoms with E-state index in [1.807, 2.05) is 5.32 Å². The molecule has 144 valence electrons. The molecule has 1 amide bonds. The Morgan fingerprint density at radius 3 is 2.52 bits per heavy atom. The van der Waals surface area contributed by atoms with Crippen LogP contribution in [0.15, 0.2) is 36.4 Å². The molecule has 0 bridgehead atoms. The summed E-state index contributed by atoms with van der Waals surface area (Å²) in [6.45, 7) is 1.42. The number of anilines is 2. The summed E-state index contributed by atoms with van der Waals surface area (Å²) in [6.07, 6.45) is -5.99. The van der Waals surface area contributed by atoms with Gasteiger partial charge in [-0.1, -0.05) is 30.3 Å². The smallest absolute Gasteiger partial charge is 0.433 e. The van der Waals surface area contributed by atoms with Gasteiger partial charge in [-0.15, -0.1) is 0 Å². The molecule has 0 saturated carbocycles. The third-order valence-electron chi connectivity index (χ3n) is 3.28. The van der Waals surface area contributed by atoms with E-state index in [-0.39, 0.29) is 13.2 Å². The number of halogens is 3. The average molecular weight is 384 g/mol. The van der Waals surface area contributed by atoms with Crippen molar-refractivity contribution in [3.05, 3.63) is 57.8 Å². The molecule has 0 aliphatic heterocycles. The highest BCUT2D eigenvalue weighted by molar-refractivity contribution is 5.90. The van der Waals surface area contributed by atoms with Crippen molar-refractivity contribution < 1.29 is 27.6 Å². The number of hydrogen-bond acceptors (Lipinski definition) is 6. The van der Waals surface area contributed by atoms with E-state index in [0.717, 1.165) is 0 Å². The maximum Gasteiger partial charge on any atom is 0.433 e. The van der Waals surface area contributed by atoms with Crippen LogP contribution >= 0.6 is 0 Å².